The normalized spacial score (nSPS) is 10.2. The van der Waals surface area contributed by atoms with E-state index in [4.69, 9.17) is 5.11 Å². The van der Waals surface area contributed by atoms with Gasteiger partial charge in [0.25, 0.3) is 0 Å². The molecular formula is C9H12BrNO. The molecule has 0 atom stereocenters. The van der Waals surface area contributed by atoms with E-state index < -0.39 is 0 Å². The zero-order chi connectivity index (χ0) is 8.81. The number of benzene rings is 1. The predicted octanol–water partition coefficient (Wildman–Crippen LogP) is 1.53. The maximum absolute atomic E-state index is 8.49. The van der Waals surface area contributed by atoms with Gasteiger partial charge < -0.3 is 5.11 Å². The van der Waals surface area contributed by atoms with Crippen molar-refractivity contribution >= 4 is 15.9 Å². The highest BCUT2D eigenvalue weighted by atomic mass is 79.9. The minimum atomic E-state index is 0.0461. The molecule has 3 heteroatoms. The summed E-state index contributed by atoms with van der Waals surface area (Å²) in [5.74, 6) is 0. The summed E-state index contributed by atoms with van der Waals surface area (Å²) in [4.78, 5) is 0. The molecule has 0 amide bonds. The Bertz CT molecular complexity index is 240. The van der Waals surface area contributed by atoms with Crippen molar-refractivity contribution in [3.63, 3.8) is 0 Å². The van der Waals surface area contributed by atoms with Crippen LogP contribution in [0.3, 0.4) is 0 Å². The Hall–Kier alpha value is -0.380. The van der Waals surface area contributed by atoms with Gasteiger partial charge in [-0.1, -0.05) is 34.1 Å². The maximum atomic E-state index is 8.49. The van der Waals surface area contributed by atoms with E-state index in [-0.39, 0.29) is 6.73 Å². The Kier molecular flexibility index (Phi) is 4.29. The van der Waals surface area contributed by atoms with E-state index in [1.54, 1.807) is 0 Å². The van der Waals surface area contributed by atoms with E-state index in [0.717, 1.165) is 17.4 Å². The summed E-state index contributed by atoms with van der Waals surface area (Å²) in [6.45, 7) is 0.851. The molecule has 0 unspecified atom stereocenters. The molecule has 1 aromatic rings. The molecule has 0 aliphatic rings. The number of hydrogen-bond acceptors (Lipinski definition) is 2. The van der Waals surface area contributed by atoms with Gasteiger partial charge in [0.05, 0.1) is 6.73 Å². The highest BCUT2D eigenvalue weighted by Gasteiger charge is 1.96. The molecule has 0 heterocycles. The third kappa shape index (κ3) is 2.93. The van der Waals surface area contributed by atoms with Crippen LogP contribution in [0.5, 0.6) is 0 Å². The van der Waals surface area contributed by atoms with E-state index >= 15 is 0 Å². The minimum absolute atomic E-state index is 0.0461. The summed E-state index contributed by atoms with van der Waals surface area (Å²) < 4.78 is 1.13. The molecular weight excluding hydrogens is 218 g/mol. The van der Waals surface area contributed by atoms with Gasteiger partial charge >= 0.3 is 0 Å². The van der Waals surface area contributed by atoms with Crippen LogP contribution in [-0.4, -0.2) is 18.4 Å². The van der Waals surface area contributed by atoms with Crippen molar-refractivity contribution in [1.82, 2.24) is 5.32 Å². The molecule has 1 rings (SSSR count). The van der Waals surface area contributed by atoms with Crippen LogP contribution in [0, 0.1) is 0 Å². The second kappa shape index (κ2) is 5.30. The van der Waals surface area contributed by atoms with Crippen molar-refractivity contribution in [2.75, 3.05) is 13.3 Å². The molecule has 0 aliphatic heterocycles. The van der Waals surface area contributed by atoms with Crippen LogP contribution >= 0.6 is 15.9 Å². The Morgan fingerprint density at radius 2 is 2.08 bits per heavy atom. The number of halogens is 1. The van der Waals surface area contributed by atoms with Crippen LogP contribution in [0.25, 0.3) is 0 Å². The SMILES string of the molecule is OCNCCc1ccccc1Br. The monoisotopic (exact) mass is 229 g/mol. The van der Waals surface area contributed by atoms with Crippen molar-refractivity contribution in [3.05, 3.63) is 34.3 Å². The molecule has 0 aromatic heterocycles. The molecule has 0 spiro atoms. The van der Waals surface area contributed by atoms with E-state index in [0.29, 0.717) is 0 Å². The molecule has 0 saturated heterocycles. The smallest absolute Gasteiger partial charge is 0.0931 e. The Morgan fingerprint density at radius 1 is 1.33 bits per heavy atom. The van der Waals surface area contributed by atoms with Gasteiger partial charge in [-0.3, -0.25) is 5.32 Å². The lowest BCUT2D eigenvalue weighted by atomic mass is 10.1. The van der Waals surface area contributed by atoms with Gasteiger partial charge in [-0.2, -0.15) is 0 Å². The van der Waals surface area contributed by atoms with Gasteiger partial charge in [-0.25, -0.2) is 0 Å². The van der Waals surface area contributed by atoms with Crippen LogP contribution in [0.4, 0.5) is 0 Å². The largest absolute Gasteiger partial charge is 0.381 e. The molecule has 0 saturated carbocycles. The average molecular weight is 230 g/mol. The van der Waals surface area contributed by atoms with Gasteiger partial charge in [0.15, 0.2) is 0 Å². The lowest BCUT2D eigenvalue weighted by molar-refractivity contribution is 0.262. The number of hydrogen-bond donors (Lipinski definition) is 2. The van der Waals surface area contributed by atoms with Gasteiger partial charge in [0.1, 0.15) is 0 Å². The quantitative estimate of drug-likeness (QED) is 0.607. The first-order chi connectivity index (χ1) is 5.84. The van der Waals surface area contributed by atoms with Crippen molar-refractivity contribution in [2.45, 2.75) is 6.42 Å². The zero-order valence-corrected chi connectivity index (χ0v) is 8.34. The van der Waals surface area contributed by atoms with Gasteiger partial charge in [-0.15, -0.1) is 0 Å². The molecule has 2 nitrogen and oxygen atoms in total. The van der Waals surface area contributed by atoms with Crippen LogP contribution in [-0.2, 0) is 6.42 Å². The number of rotatable bonds is 4. The van der Waals surface area contributed by atoms with Crippen LogP contribution in [0.1, 0.15) is 5.56 Å². The summed E-state index contributed by atoms with van der Waals surface area (Å²) in [6.07, 6.45) is 0.933. The van der Waals surface area contributed by atoms with E-state index in [1.165, 1.54) is 5.56 Å². The van der Waals surface area contributed by atoms with Crippen LogP contribution in [0.15, 0.2) is 28.7 Å². The third-order valence-electron chi connectivity index (χ3n) is 1.64. The Morgan fingerprint density at radius 3 is 2.75 bits per heavy atom. The molecule has 0 radical (unpaired) electrons. The highest BCUT2D eigenvalue weighted by Crippen LogP contribution is 2.15. The molecule has 0 bridgehead atoms. The maximum Gasteiger partial charge on any atom is 0.0931 e. The number of nitrogens with one attached hydrogen (secondary N) is 1. The standard InChI is InChI=1S/C9H12BrNO/c10-9-4-2-1-3-8(9)5-6-11-7-12/h1-4,11-12H,5-7H2. The second-order valence-electron chi connectivity index (χ2n) is 2.50. The minimum Gasteiger partial charge on any atom is -0.381 e. The summed E-state index contributed by atoms with van der Waals surface area (Å²) in [5.41, 5.74) is 1.26. The van der Waals surface area contributed by atoms with Gasteiger partial charge in [0, 0.05) is 11.0 Å². The number of aliphatic hydroxyl groups excluding tert-OH is 1. The first-order valence-electron chi connectivity index (χ1n) is 3.89. The molecule has 0 fully saturated rings. The van der Waals surface area contributed by atoms with Crippen molar-refractivity contribution in [1.29, 1.82) is 0 Å². The molecule has 0 aliphatic carbocycles. The van der Waals surface area contributed by atoms with E-state index in [2.05, 4.69) is 27.3 Å². The fourth-order valence-electron chi connectivity index (χ4n) is 1.00. The topological polar surface area (TPSA) is 32.3 Å². The third-order valence-corrected chi connectivity index (χ3v) is 2.41. The van der Waals surface area contributed by atoms with E-state index in [1.807, 2.05) is 18.2 Å². The second-order valence-corrected chi connectivity index (χ2v) is 3.35. The van der Waals surface area contributed by atoms with Crippen molar-refractivity contribution < 1.29 is 5.11 Å². The average Bonchev–Trinajstić information content (AvgIpc) is 2.09. The van der Waals surface area contributed by atoms with Crippen LogP contribution < -0.4 is 5.32 Å². The molecule has 1 aromatic carbocycles. The summed E-state index contributed by atoms with van der Waals surface area (Å²) in [5, 5.41) is 11.3. The van der Waals surface area contributed by atoms with Crippen molar-refractivity contribution in [3.8, 4) is 0 Å². The van der Waals surface area contributed by atoms with Crippen LogP contribution in [0.2, 0.25) is 0 Å². The fraction of sp³-hybridized carbons (Fsp3) is 0.333. The molecule has 2 N–H and O–H groups in total. The number of aliphatic hydroxyl groups is 1. The predicted molar refractivity (Wildman–Crippen MR) is 52.9 cm³/mol. The lowest BCUT2D eigenvalue weighted by Gasteiger charge is -2.03. The first kappa shape index (κ1) is 9.71. The Balaban J connectivity index is 2.46. The molecule has 66 valence electrons. The zero-order valence-electron chi connectivity index (χ0n) is 6.76. The lowest BCUT2D eigenvalue weighted by Crippen LogP contribution is -2.17. The summed E-state index contributed by atoms with van der Waals surface area (Å²) in [7, 11) is 0. The summed E-state index contributed by atoms with van der Waals surface area (Å²) in [6, 6.07) is 8.10. The first-order valence-corrected chi connectivity index (χ1v) is 4.69. The highest BCUT2D eigenvalue weighted by molar-refractivity contribution is 9.10. The van der Waals surface area contributed by atoms with Crippen molar-refractivity contribution in [2.24, 2.45) is 0 Å². The van der Waals surface area contributed by atoms with E-state index in [9.17, 15) is 0 Å². The fourth-order valence-corrected chi connectivity index (χ4v) is 1.49. The van der Waals surface area contributed by atoms with Gasteiger partial charge in [-0.05, 0) is 18.1 Å². The Labute approximate surface area is 80.7 Å². The molecule has 12 heavy (non-hydrogen) atoms. The summed E-state index contributed by atoms with van der Waals surface area (Å²) >= 11 is 3.46. The van der Waals surface area contributed by atoms with Gasteiger partial charge in [0.2, 0.25) is 0 Å².